The van der Waals surface area contributed by atoms with Gasteiger partial charge in [-0.05, 0) is 43.4 Å². The summed E-state index contributed by atoms with van der Waals surface area (Å²) >= 11 is 0. The van der Waals surface area contributed by atoms with Crippen LogP contribution in [0.2, 0.25) is 0 Å². The van der Waals surface area contributed by atoms with Crippen LogP contribution in [-0.2, 0) is 0 Å². The Bertz CT molecular complexity index is 1040. The summed E-state index contributed by atoms with van der Waals surface area (Å²) in [5, 5.41) is 13.5. The van der Waals surface area contributed by atoms with Crippen molar-refractivity contribution in [3.8, 4) is 11.4 Å². The molecule has 0 aliphatic heterocycles. The van der Waals surface area contributed by atoms with Gasteiger partial charge in [-0.3, -0.25) is 4.99 Å². The maximum atomic E-state index is 9.97. The van der Waals surface area contributed by atoms with E-state index in [2.05, 4.69) is 34.0 Å². The number of nitrogens with zero attached hydrogens (tertiary/aromatic N) is 4. The van der Waals surface area contributed by atoms with E-state index >= 15 is 0 Å². The van der Waals surface area contributed by atoms with E-state index in [1.54, 1.807) is 7.05 Å². The van der Waals surface area contributed by atoms with E-state index in [0.29, 0.717) is 5.82 Å². The molecule has 1 saturated carbocycles. The highest BCUT2D eigenvalue weighted by molar-refractivity contribution is 6.11. The van der Waals surface area contributed by atoms with Gasteiger partial charge >= 0.3 is 0 Å². The predicted octanol–water partition coefficient (Wildman–Crippen LogP) is 4.66. The Labute approximate surface area is 191 Å². The van der Waals surface area contributed by atoms with Crippen LogP contribution in [-0.4, -0.2) is 59.5 Å². The van der Waals surface area contributed by atoms with E-state index in [4.69, 9.17) is 4.98 Å². The lowest BCUT2D eigenvalue weighted by Gasteiger charge is -2.17. The van der Waals surface area contributed by atoms with Crippen molar-refractivity contribution >= 4 is 23.2 Å². The van der Waals surface area contributed by atoms with E-state index in [-0.39, 0.29) is 12.1 Å². The first kappa shape index (κ1) is 23.4. The average Bonchev–Trinajstić information content (AvgIpc) is 3.20. The first-order chi connectivity index (χ1) is 15.4. The molecule has 0 radical (unpaired) electrons. The lowest BCUT2D eigenvalue weighted by Crippen LogP contribution is -2.19. The maximum Gasteiger partial charge on any atom is 0.161 e. The van der Waals surface area contributed by atoms with Gasteiger partial charge in [-0.1, -0.05) is 36.9 Å². The van der Waals surface area contributed by atoms with Gasteiger partial charge in [-0.2, -0.15) is 0 Å². The molecular formula is C26H33N5O. The molecule has 0 bridgehead atoms. The van der Waals surface area contributed by atoms with E-state index in [9.17, 15) is 5.11 Å². The van der Waals surface area contributed by atoms with Crippen LogP contribution in [0.5, 0.6) is 0 Å². The summed E-state index contributed by atoms with van der Waals surface area (Å²) in [5.74, 6) is 1.41. The predicted molar refractivity (Wildman–Crippen MR) is 135 cm³/mol. The van der Waals surface area contributed by atoms with Crippen molar-refractivity contribution in [1.29, 1.82) is 0 Å². The summed E-state index contributed by atoms with van der Waals surface area (Å²) in [6.45, 7) is 5.93. The van der Waals surface area contributed by atoms with Crippen LogP contribution in [0.25, 0.3) is 22.5 Å². The van der Waals surface area contributed by atoms with Gasteiger partial charge in [0.25, 0.3) is 0 Å². The number of aliphatic hydroxyl groups is 1. The number of aromatic nitrogens is 2. The minimum atomic E-state index is -0.256. The molecule has 3 rings (SSSR count). The third-order valence-electron chi connectivity index (χ3n) is 5.50. The fraction of sp³-hybridized carbons (Fsp3) is 0.346. The SMILES string of the molecule is C=C/C(=C\N(C)C)c1cccc(-c2ncc(/C(C=NC)=C/C)c(NC3CCC(O)C3)n2)c1. The molecule has 2 atom stereocenters. The molecule has 0 saturated heterocycles. The molecule has 168 valence electrons. The summed E-state index contributed by atoms with van der Waals surface area (Å²) in [6.07, 6.45) is 11.7. The first-order valence-electron chi connectivity index (χ1n) is 11.0. The van der Waals surface area contributed by atoms with Gasteiger partial charge in [-0.25, -0.2) is 9.97 Å². The van der Waals surface area contributed by atoms with Crippen molar-refractivity contribution in [2.75, 3.05) is 26.5 Å². The normalized spacial score (nSPS) is 19.4. The van der Waals surface area contributed by atoms with Crippen molar-refractivity contribution in [2.45, 2.75) is 38.3 Å². The number of anilines is 1. The molecule has 0 amide bonds. The van der Waals surface area contributed by atoms with Crippen molar-refractivity contribution in [3.05, 3.63) is 66.5 Å². The zero-order valence-corrected chi connectivity index (χ0v) is 19.4. The highest BCUT2D eigenvalue weighted by atomic mass is 16.3. The highest BCUT2D eigenvalue weighted by Gasteiger charge is 2.24. The van der Waals surface area contributed by atoms with Crippen molar-refractivity contribution < 1.29 is 5.11 Å². The van der Waals surface area contributed by atoms with Crippen LogP contribution in [0.15, 0.2) is 60.4 Å². The van der Waals surface area contributed by atoms with E-state index in [0.717, 1.165) is 52.9 Å². The average molecular weight is 432 g/mol. The monoisotopic (exact) mass is 431 g/mol. The maximum absolute atomic E-state index is 9.97. The summed E-state index contributed by atoms with van der Waals surface area (Å²) in [4.78, 5) is 15.8. The second-order valence-corrected chi connectivity index (χ2v) is 8.23. The molecular weight excluding hydrogens is 398 g/mol. The Hall–Kier alpha value is -3.25. The number of benzene rings is 1. The zero-order chi connectivity index (χ0) is 23.1. The minimum absolute atomic E-state index is 0.185. The van der Waals surface area contributed by atoms with Crippen LogP contribution in [0.1, 0.15) is 37.3 Å². The van der Waals surface area contributed by atoms with Crippen LogP contribution in [0.4, 0.5) is 5.82 Å². The zero-order valence-electron chi connectivity index (χ0n) is 19.4. The largest absolute Gasteiger partial charge is 0.393 e. The summed E-state index contributed by atoms with van der Waals surface area (Å²) in [6, 6.07) is 8.35. The van der Waals surface area contributed by atoms with Gasteiger partial charge in [0.05, 0.1) is 6.10 Å². The third kappa shape index (κ3) is 5.71. The molecule has 2 unspecified atom stereocenters. The standard InChI is InChI=1S/C26H33N5O/c1-6-18(15-27-3)24-16-28-25(30-26(24)29-22-11-12-23(32)14-22)21-10-8-9-20(13-21)19(7-2)17-31(4)5/h6-10,13,15-17,22-23,32H,2,11-12,14H2,1,3-5H3,(H,28,29,30)/b18-6+,19-17+,27-15?. The number of hydrogen-bond donors (Lipinski definition) is 2. The van der Waals surface area contributed by atoms with E-state index in [1.165, 1.54) is 0 Å². The number of aliphatic imine (C=N–C) groups is 1. The first-order valence-corrected chi connectivity index (χ1v) is 11.0. The molecule has 2 aromatic rings. The van der Waals surface area contributed by atoms with E-state index < -0.39 is 0 Å². The lowest BCUT2D eigenvalue weighted by molar-refractivity contribution is 0.182. The number of rotatable bonds is 8. The molecule has 32 heavy (non-hydrogen) atoms. The Morgan fingerprint density at radius 1 is 1.28 bits per heavy atom. The minimum Gasteiger partial charge on any atom is -0.393 e. The van der Waals surface area contributed by atoms with Crippen molar-refractivity contribution in [1.82, 2.24) is 14.9 Å². The van der Waals surface area contributed by atoms with Gasteiger partial charge in [0.1, 0.15) is 5.82 Å². The van der Waals surface area contributed by atoms with Crippen LogP contribution in [0.3, 0.4) is 0 Å². The van der Waals surface area contributed by atoms with Gasteiger partial charge in [-0.15, -0.1) is 0 Å². The number of allylic oxidation sites excluding steroid dienone is 4. The Kier molecular flexibility index (Phi) is 7.95. The number of aliphatic hydroxyl groups excluding tert-OH is 1. The van der Waals surface area contributed by atoms with E-state index in [1.807, 2.05) is 68.8 Å². The van der Waals surface area contributed by atoms with Gasteiger partial charge < -0.3 is 15.3 Å². The second kappa shape index (κ2) is 10.9. The molecule has 6 nitrogen and oxygen atoms in total. The summed E-state index contributed by atoms with van der Waals surface area (Å²) in [7, 11) is 5.74. The fourth-order valence-corrected chi connectivity index (χ4v) is 3.92. The molecule has 1 fully saturated rings. The van der Waals surface area contributed by atoms with Crippen LogP contribution < -0.4 is 5.32 Å². The Morgan fingerprint density at radius 2 is 2.09 bits per heavy atom. The molecule has 1 aromatic heterocycles. The molecule has 6 heteroatoms. The summed E-state index contributed by atoms with van der Waals surface area (Å²) < 4.78 is 0. The van der Waals surface area contributed by atoms with Crippen molar-refractivity contribution in [3.63, 3.8) is 0 Å². The number of nitrogens with one attached hydrogen (secondary N) is 1. The summed E-state index contributed by atoms with van der Waals surface area (Å²) in [5.41, 5.74) is 4.87. The molecule has 1 aliphatic rings. The molecule has 1 heterocycles. The van der Waals surface area contributed by atoms with Crippen LogP contribution in [0, 0.1) is 0 Å². The number of hydrogen-bond acceptors (Lipinski definition) is 6. The Balaban J connectivity index is 2.03. The molecule has 2 N–H and O–H groups in total. The Morgan fingerprint density at radius 3 is 2.72 bits per heavy atom. The van der Waals surface area contributed by atoms with Crippen LogP contribution >= 0.6 is 0 Å². The van der Waals surface area contributed by atoms with Crippen molar-refractivity contribution in [2.24, 2.45) is 4.99 Å². The molecule has 1 aliphatic carbocycles. The molecule has 1 aromatic carbocycles. The third-order valence-corrected chi connectivity index (χ3v) is 5.50. The second-order valence-electron chi connectivity index (χ2n) is 8.23. The highest BCUT2D eigenvalue weighted by Crippen LogP contribution is 2.29. The quantitative estimate of drug-likeness (QED) is 0.470. The van der Waals surface area contributed by atoms with Gasteiger partial charge in [0.15, 0.2) is 5.82 Å². The van der Waals surface area contributed by atoms with Gasteiger partial charge in [0.2, 0.25) is 0 Å². The fourth-order valence-electron chi connectivity index (χ4n) is 3.92. The molecule has 0 spiro atoms. The smallest absolute Gasteiger partial charge is 0.161 e. The topological polar surface area (TPSA) is 73.6 Å². The lowest BCUT2D eigenvalue weighted by atomic mass is 10.0. The van der Waals surface area contributed by atoms with Gasteiger partial charge in [0, 0.05) is 62.5 Å².